The van der Waals surface area contributed by atoms with E-state index >= 15 is 0 Å². The number of nitro benzene ring substituents is 1. The highest BCUT2D eigenvalue weighted by molar-refractivity contribution is 7.92. The molecule has 1 N–H and O–H groups in total. The second kappa shape index (κ2) is 8.47. The van der Waals surface area contributed by atoms with E-state index in [9.17, 15) is 26.9 Å². The number of hydrogen-bond donors (Lipinski definition) is 1. The molecule has 2 aromatic carbocycles. The fraction of sp³-hybridized carbons (Fsp3) is 0.333. The van der Waals surface area contributed by atoms with Gasteiger partial charge in [0.1, 0.15) is 0 Å². The summed E-state index contributed by atoms with van der Waals surface area (Å²) in [7, 11) is -7.77. The summed E-state index contributed by atoms with van der Waals surface area (Å²) in [5.41, 5.74) is 0.685. The van der Waals surface area contributed by atoms with E-state index in [0.717, 1.165) is 6.07 Å². The molecule has 29 heavy (non-hydrogen) atoms. The number of nitro groups is 1. The number of anilines is 1. The van der Waals surface area contributed by atoms with Gasteiger partial charge in [-0.1, -0.05) is 13.8 Å². The Morgan fingerprint density at radius 3 is 2.03 bits per heavy atom. The van der Waals surface area contributed by atoms with Crippen LogP contribution in [0.5, 0.6) is 0 Å². The van der Waals surface area contributed by atoms with Crippen LogP contribution in [0.25, 0.3) is 0 Å². The highest BCUT2D eigenvalue weighted by atomic mass is 32.2. The zero-order valence-corrected chi connectivity index (χ0v) is 18.2. The molecular weight excluding hydrogens is 418 g/mol. The maximum atomic E-state index is 12.8. The van der Waals surface area contributed by atoms with Gasteiger partial charge in [-0.3, -0.25) is 14.8 Å². The Kier molecular flexibility index (Phi) is 6.66. The van der Waals surface area contributed by atoms with Gasteiger partial charge in [0.2, 0.25) is 10.0 Å². The predicted molar refractivity (Wildman–Crippen MR) is 110 cm³/mol. The minimum absolute atomic E-state index is 0.0477. The van der Waals surface area contributed by atoms with Crippen LogP contribution < -0.4 is 4.72 Å². The maximum absolute atomic E-state index is 12.8. The molecule has 0 spiro atoms. The fourth-order valence-electron chi connectivity index (χ4n) is 2.81. The van der Waals surface area contributed by atoms with Crippen LogP contribution in [0.2, 0.25) is 0 Å². The first-order valence-corrected chi connectivity index (χ1v) is 11.7. The number of hydrogen-bond acceptors (Lipinski definition) is 6. The molecule has 9 nitrogen and oxygen atoms in total. The lowest BCUT2D eigenvalue weighted by Gasteiger charge is -2.18. The summed E-state index contributed by atoms with van der Waals surface area (Å²) in [4.78, 5) is 10.3. The van der Waals surface area contributed by atoms with E-state index in [1.165, 1.54) is 34.6 Å². The molecule has 2 aromatic rings. The molecular formula is C18H23N3O6S2. The predicted octanol–water partition coefficient (Wildman–Crippen LogP) is 3.04. The number of nitrogens with one attached hydrogen (secondary N) is 1. The van der Waals surface area contributed by atoms with Crippen LogP contribution in [0.3, 0.4) is 0 Å². The van der Waals surface area contributed by atoms with Crippen molar-refractivity contribution in [1.29, 1.82) is 0 Å². The van der Waals surface area contributed by atoms with Crippen molar-refractivity contribution in [2.45, 2.75) is 37.5 Å². The Bertz CT molecular complexity index is 1120. The smallest absolute Gasteiger partial charge is 0.271 e. The molecule has 0 radical (unpaired) electrons. The zero-order chi connectivity index (χ0) is 22.0. The second-order valence-electron chi connectivity index (χ2n) is 6.36. The summed E-state index contributed by atoms with van der Waals surface area (Å²) >= 11 is 0. The number of sulfonamides is 2. The van der Waals surface area contributed by atoms with Crippen molar-refractivity contribution in [3.63, 3.8) is 0 Å². The van der Waals surface area contributed by atoms with Crippen molar-refractivity contribution in [2.24, 2.45) is 0 Å². The van der Waals surface area contributed by atoms with Crippen molar-refractivity contribution in [2.75, 3.05) is 17.8 Å². The SMILES string of the molecule is CCN(CC)S(=O)(=O)c1ccc(NS(=O)(=O)c2cc([N+](=O)[O-])cc(C)c2C)cc1. The number of rotatable bonds is 8. The van der Waals surface area contributed by atoms with Crippen molar-refractivity contribution < 1.29 is 21.8 Å². The molecule has 0 amide bonds. The molecule has 2 rings (SSSR count). The Labute approximate surface area is 170 Å². The number of aryl methyl sites for hydroxylation is 1. The number of nitrogens with zero attached hydrogens (tertiary/aromatic N) is 2. The van der Waals surface area contributed by atoms with Gasteiger partial charge < -0.3 is 0 Å². The van der Waals surface area contributed by atoms with Crippen molar-refractivity contribution in [3.8, 4) is 0 Å². The minimum atomic E-state index is -4.11. The van der Waals surface area contributed by atoms with Crippen LogP contribution in [-0.4, -0.2) is 39.2 Å². The molecule has 0 atom stereocenters. The molecule has 0 aliphatic heterocycles. The van der Waals surface area contributed by atoms with E-state index in [1.807, 2.05) is 0 Å². The Morgan fingerprint density at radius 2 is 1.55 bits per heavy atom. The summed E-state index contributed by atoms with van der Waals surface area (Å²) in [5, 5.41) is 11.1. The maximum Gasteiger partial charge on any atom is 0.271 e. The lowest BCUT2D eigenvalue weighted by Crippen LogP contribution is -2.30. The van der Waals surface area contributed by atoms with Crippen LogP contribution in [0, 0.1) is 24.0 Å². The van der Waals surface area contributed by atoms with Gasteiger partial charge in [-0.2, -0.15) is 4.31 Å². The van der Waals surface area contributed by atoms with E-state index in [4.69, 9.17) is 0 Å². The molecule has 0 aliphatic carbocycles. The quantitative estimate of drug-likeness (QED) is 0.495. The summed E-state index contributed by atoms with van der Waals surface area (Å²) in [6.45, 7) is 7.25. The van der Waals surface area contributed by atoms with Gasteiger partial charge >= 0.3 is 0 Å². The minimum Gasteiger partial charge on any atom is -0.280 e. The number of benzene rings is 2. The second-order valence-corrected chi connectivity index (χ2v) is 9.95. The zero-order valence-electron chi connectivity index (χ0n) is 16.5. The lowest BCUT2D eigenvalue weighted by atomic mass is 10.1. The van der Waals surface area contributed by atoms with Crippen molar-refractivity contribution in [3.05, 3.63) is 57.6 Å². The van der Waals surface area contributed by atoms with Crippen molar-refractivity contribution in [1.82, 2.24) is 4.31 Å². The highest BCUT2D eigenvalue weighted by Crippen LogP contribution is 2.27. The van der Waals surface area contributed by atoms with Gasteiger partial charge in [-0.15, -0.1) is 0 Å². The monoisotopic (exact) mass is 441 g/mol. The van der Waals surface area contributed by atoms with Gasteiger partial charge in [0.25, 0.3) is 15.7 Å². The first-order valence-electron chi connectivity index (χ1n) is 8.82. The highest BCUT2D eigenvalue weighted by Gasteiger charge is 2.24. The normalized spacial score (nSPS) is 12.2. The molecule has 0 saturated carbocycles. The standard InChI is InChI=1S/C18H23N3O6S2/c1-5-20(6-2)29(26,27)17-9-7-15(8-10-17)19-28(24,25)18-12-16(21(22)23)11-13(3)14(18)4/h7-12,19H,5-6H2,1-4H3. The molecule has 0 fully saturated rings. The number of non-ortho nitro benzene ring substituents is 1. The topological polar surface area (TPSA) is 127 Å². The van der Waals surface area contributed by atoms with Gasteiger partial charge in [-0.05, 0) is 49.2 Å². The molecule has 0 aliphatic rings. The molecule has 0 aromatic heterocycles. The van der Waals surface area contributed by atoms with E-state index in [0.29, 0.717) is 24.2 Å². The Morgan fingerprint density at radius 1 is 1.00 bits per heavy atom. The van der Waals surface area contributed by atoms with Gasteiger partial charge in [0, 0.05) is 30.9 Å². The average Bonchev–Trinajstić information content (AvgIpc) is 2.64. The van der Waals surface area contributed by atoms with E-state index < -0.39 is 25.0 Å². The van der Waals surface area contributed by atoms with E-state index in [2.05, 4.69) is 4.72 Å². The Balaban J connectivity index is 2.39. The van der Waals surface area contributed by atoms with Crippen LogP contribution >= 0.6 is 0 Å². The van der Waals surface area contributed by atoms with Gasteiger partial charge in [0.15, 0.2) is 0 Å². The molecule has 0 bridgehead atoms. The first kappa shape index (κ1) is 22.8. The summed E-state index contributed by atoms with van der Waals surface area (Å²) in [5.74, 6) is 0. The van der Waals surface area contributed by atoms with E-state index in [1.54, 1.807) is 27.7 Å². The molecule has 158 valence electrons. The van der Waals surface area contributed by atoms with Gasteiger partial charge in [-0.25, -0.2) is 16.8 Å². The summed E-state index contributed by atoms with van der Waals surface area (Å²) < 4.78 is 54.2. The summed E-state index contributed by atoms with van der Waals surface area (Å²) in [6, 6.07) is 7.63. The third-order valence-electron chi connectivity index (χ3n) is 4.55. The molecule has 0 unspecified atom stereocenters. The third kappa shape index (κ3) is 4.74. The fourth-order valence-corrected chi connectivity index (χ4v) is 5.67. The van der Waals surface area contributed by atoms with Crippen LogP contribution in [0.4, 0.5) is 11.4 Å². The van der Waals surface area contributed by atoms with Gasteiger partial charge in [0.05, 0.1) is 14.7 Å². The third-order valence-corrected chi connectivity index (χ3v) is 8.13. The van der Waals surface area contributed by atoms with E-state index in [-0.39, 0.29) is 21.2 Å². The summed E-state index contributed by atoms with van der Waals surface area (Å²) in [6.07, 6.45) is 0. The molecule has 0 heterocycles. The van der Waals surface area contributed by atoms with Crippen LogP contribution in [0.1, 0.15) is 25.0 Å². The molecule has 11 heteroatoms. The molecule has 0 saturated heterocycles. The van der Waals surface area contributed by atoms with Crippen LogP contribution in [-0.2, 0) is 20.0 Å². The Hall–Kier alpha value is -2.50. The van der Waals surface area contributed by atoms with Crippen molar-refractivity contribution >= 4 is 31.4 Å². The average molecular weight is 442 g/mol. The largest absolute Gasteiger partial charge is 0.280 e. The first-order chi connectivity index (χ1) is 13.4. The lowest BCUT2D eigenvalue weighted by molar-refractivity contribution is -0.385. The van der Waals surface area contributed by atoms with Crippen LogP contribution in [0.15, 0.2) is 46.2 Å².